The zero-order valence-corrected chi connectivity index (χ0v) is 8.90. The van der Waals surface area contributed by atoms with E-state index in [1.165, 1.54) is 5.52 Å². The maximum Gasteiger partial charge on any atom is 0.184 e. The van der Waals surface area contributed by atoms with Crippen LogP contribution in [0.25, 0.3) is 11.0 Å². The van der Waals surface area contributed by atoms with Gasteiger partial charge < -0.3 is 4.57 Å². The minimum Gasteiger partial charge on any atom is -0.317 e. The summed E-state index contributed by atoms with van der Waals surface area (Å²) >= 11 is 7.49. The van der Waals surface area contributed by atoms with Crippen molar-refractivity contribution in [3.05, 3.63) is 23.2 Å². The first-order valence-corrected chi connectivity index (χ1v) is 5.59. The molecule has 0 unspecified atom stereocenters. The van der Waals surface area contributed by atoms with Gasteiger partial charge in [-0.25, -0.2) is 4.98 Å². The molecular weight excluding hydrogens is 218 g/mol. The van der Waals surface area contributed by atoms with E-state index in [9.17, 15) is 0 Å². The Balaban J connectivity index is 2.31. The summed E-state index contributed by atoms with van der Waals surface area (Å²) in [4.78, 5) is 4.49. The molecule has 0 fully saturated rings. The van der Waals surface area contributed by atoms with Crippen LogP contribution in [0.15, 0.2) is 23.4 Å². The lowest BCUT2D eigenvalue weighted by atomic mass is 10.3. The highest BCUT2D eigenvalue weighted by molar-refractivity contribution is 7.97. The lowest BCUT2D eigenvalue weighted by Gasteiger charge is -2.13. The highest BCUT2D eigenvalue weighted by Gasteiger charge is 2.14. The third kappa shape index (κ3) is 1.22. The van der Waals surface area contributed by atoms with Crippen LogP contribution < -0.4 is 4.72 Å². The van der Waals surface area contributed by atoms with Gasteiger partial charge in [0.05, 0.1) is 11.0 Å². The Kier molecular flexibility index (Phi) is 1.93. The van der Waals surface area contributed by atoms with Crippen LogP contribution in [0.2, 0.25) is 5.02 Å². The normalized spacial score (nSPS) is 15.8. The zero-order chi connectivity index (χ0) is 9.54. The van der Waals surface area contributed by atoms with Gasteiger partial charge in [-0.15, -0.1) is 0 Å². The summed E-state index contributed by atoms with van der Waals surface area (Å²) in [5.41, 5.74) is 2.14. The van der Waals surface area contributed by atoms with E-state index in [2.05, 4.69) is 14.3 Å². The van der Waals surface area contributed by atoms with Crippen LogP contribution in [0.1, 0.15) is 0 Å². The highest BCUT2D eigenvalue weighted by Crippen LogP contribution is 2.26. The van der Waals surface area contributed by atoms with Gasteiger partial charge in [-0.1, -0.05) is 11.6 Å². The van der Waals surface area contributed by atoms with Crippen LogP contribution in [0, 0.1) is 0 Å². The van der Waals surface area contributed by atoms with Crippen molar-refractivity contribution in [2.75, 3.05) is 6.54 Å². The topological polar surface area (TPSA) is 29.9 Å². The molecule has 1 aliphatic rings. The Bertz CT molecular complexity index is 494. The maximum atomic E-state index is 5.91. The maximum absolute atomic E-state index is 5.91. The van der Waals surface area contributed by atoms with E-state index in [1.807, 2.05) is 18.2 Å². The van der Waals surface area contributed by atoms with Crippen molar-refractivity contribution in [2.45, 2.75) is 11.7 Å². The average Bonchev–Trinajstić information content (AvgIpc) is 2.54. The second kappa shape index (κ2) is 3.15. The Hall–Kier alpha value is -0.710. The van der Waals surface area contributed by atoms with Gasteiger partial charge in [-0.05, 0) is 30.1 Å². The van der Waals surface area contributed by atoms with E-state index in [0.29, 0.717) is 0 Å². The van der Waals surface area contributed by atoms with Crippen molar-refractivity contribution in [3.63, 3.8) is 0 Å². The van der Waals surface area contributed by atoms with Crippen LogP contribution in [0.3, 0.4) is 0 Å². The molecule has 3 nitrogen and oxygen atoms in total. The van der Waals surface area contributed by atoms with E-state index in [1.54, 1.807) is 11.9 Å². The minimum atomic E-state index is 0.742. The number of nitrogens with zero attached hydrogens (tertiary/aromatic N) is 2. The smallest absolute Gasteiger partial charge is 0.184 e. The van der Waals surface area contributed by atoms with E-state index < -0.39 is 0 Å². The first-order valence-electron chi connectivity index (χ1n) is 4.40. The molecule has 0 spiro atoms. The number of nitrogens with one attached hydrogen (secondary N) is 1. The van der Waals surface area contributed by atoms with Crippen molar-refractivity contribution in [1.29, 1.82) is 0 Å². The van der Waals surface area contributed by atoms with Crippen molar-refractivity contribution >= 4 is 34.6 Å². The number of hydrogen-bond acceptors (Lipinski definition) is 3. The van der Waals surface area contributed by atoms with Crippen LogP contribution in [-0.4, -0.2) is 16.1 Å². The quantitative estimate of drug-likeness (QED) is 0.698. The number of imidazole rings is 1. The average molecular weight is 226 g/mol. The molecule has 1 aliphatic heterocycles. The molecule has 72 valence electrons. The van der Waals surface area contributed by atoms with Gasteiger partial charge in [0.15, 0.2) is 5.16 Å². The first kappa shape index (κ1) is 8.59. The summed E-state index contributed by atoms with van der Waals surface area (Å²) in [6, 6.07) is 5.84. The standard InChI is InChI=1S/C9H8ClN3S/c10-6-1-2-8-7(5-6)12-9-13(8)4-3-11-14-9/h1-2,5,11H,3-4H2. The molecule has 3 rings (SSSR count). The monoisotopic (exact) mass is 225 g/mol. The predicted octanol–water partition coefficient (Wildman–Crippen LogP) is 2.30. The summed E-state index contributed by atoms with van der Waals surface area (Å²) in [6.45, 7) is 1.95. The molecule has 0 saturated heterocycles. The summed E-state index contributed by atoms with van der Waals surface area (Å²) in [5, 5.41) is 1.76. The number of halogens is 1. The summed E-state index contributed by atoms with van der Waals surface area (Å²) in [5.74, 6) is 0. The van der Waals surface area contributed by atoms with Gasteiger partial charge in [0, 0.05) is 18.1 Å². The van der Waals surface area contributed by atoms with Gasteiger partial charge in [0.25, 0.3) is 0 Å². The number of rotatable bonds is 0. The van der Waals surface area contributed by atoms with Crippen LogP contribution >= 0.6 is 23.5 Å². The Labute approximate surface area is 90.6 Å². The largest absolute Gasteiger partial charge is 0.317 e. The molecular formula is C9H8ClN3S. The van der Waals surface area contributed by atoms with Crippen molar-refractivity contribution in [1.82, 2.24) is 14.3 Å². The molecule has 2 aromatic rings. The zero-order valence-electron chi connectivity index (χ0n) is 7.33. The fourth-order valence-corrected chi connectivity index (χ4v) is 2.58. The van der Waals surface area contributed by atoms with Crippen molar-refractivity contribution < 1.29 is 0 Å². The summed E-state index contributed by atoms with van der Waals surface area (Å²) in [7, 11) is 0. The number of benzene rings is 1. The van der Waals surface area contributed by atoms with Crippen molar-refractivity contribution in [3.8, 4) is 0 Å². The summed E-state index contributed by atoms with van der Waals surface area (Å²) < 4.78 is 5.43. The van der Waals surface area contributed by atoms with Gasteiger partial charge in [0.1, 0.15) is 0 Å². The van der Waals surface area contributed by atoms with Gasteiger partial charge >= 0.3 is 0 Å². The van der Waals surface area contributed by atoms with E-state index in [0.717, 1.165) is 28.8 Å². The van der Waals surface area contributed by atoms with Crippen LogP contribution in [0.5, 0.6) is 0 Å². The molecule has 1 aromatic carbocycles. The molecule has 2 heterocycles. The Morgan fingerprint density at radius 3 is 3.36 bits per heavy atom. The number of aromatic nitrogens is 2. The molecule has 0 atom stereocenters. The van der Waals surface area contributed by atoms with Crippen LogP contribution in [0.4, 0.5) is 0 Å². The molecule has 0 saturated carbocycles. The second-order valence-electron chi connectivity index (χ2n) is 3.18. The molecule has 0 bridgehead atoms. The molecule has 5 heteroatoms. The Morgan fingerprint density at radius 2 is 2.43 bits per heavy atom. The number of fused-ring (bicyclic) bond motifs is 3. The van der Waals surface area contributed by atoms with E-state index >= 15 is 0 Å². The SMILES string of the molecule is Clc1ccc2c(c1)nc1n2CCNS1. The number of hydrogen-bond donors (Lipinski definition) is 1. The predicted molar refractivity (Wildman–Crippen MR) is 58.6 cm³/mol. The highest BCUT2D eigenvalue weighted by atomic mass is 35.5. The summed E-state index contributed by atoms with van der Waals surface area (Å²) in [6.07, 6.45) is 0. The Morgan fingerprint density at radius 1 is 1.50 bits per heavy atom. The minimum absolute atomic E-state index is 0.742. The molecule has 0 aliphatic carbocycles. The van der Waals surface area contributed by atoms with Gasteiger partial charge in [-0.3, -0.25) is 4.72 Å². The van der Waals surface area contributed by atoms with Gasteiger partial charge in [0.2, 0.25) is 0 Å². The second-order valence-corrected chi connectivity index (χ2v) is 4.47. The van der Waals surface area contributed by atoms with Crippen LogP contribution in [-0.2, 0) is 6.54 Å². The fraction of sp³-hybridized carbons (Fsp3) is 0.222. The molecule has 1 N–H and O–H groups in total. The van der Waals surface area contributed by atoms with E-state index in [4.69, 9.17) is 11.6 Å². The third-order valence-corrected chi connectivity index (χ3v) is 3.35. The van der Waals surface area contributed by atoms with Crippen molar-refractivity contribution in [2.24, 2.45) is 0 Å². The van der Waals surface area contributed by atoms with Gasteiger partial charge in [-0.2, -0.15) is 0 Å². The lowest BCUT2D eigenvalue weighted by Crippen LogP contribution is -2.20. The van der Waals surface area contributed by atoms with E-state index in [-0.39, 0.29) is 0 Å². The molecule has 1 aromatic heterocycles. The fourth-order valence-electron chi connectivity index (χ4n) is 1.65. The lowest BCUT2D eigenvalue weighted by molar-refractivity contribution is 0.622. The third-order valence-electron chi connectivity index (χ3n) is 2.28. The molecule has 0 radical (unpaired) electrons. The molecule has 0 amide bonds. The molecule has 14 heavy (non-hydrogen) atoms. The first-order chi connectivity index (χ1) is 6.84.